The third-order valence-corrected chi connectivity index (χ3v) is 3.76. The van der Waals surface area contributed by atoms with E-state index in [2.05, 4.69) is 5.32 Å². The van der Waals surface area contributed by atoms with Gasteiger partial charge in [0.15, 0.2) is 0 Å². The van der Waals surface area contributed by atoms with E-state index >= 15 is 0 Å². The summed E-state index contributed by atoms with van der Waals surface area (Å²) < 4.78 is 5.20. The molecule has 0 aromatic heterocycles. The zero-order valence-electron chi connectivity index (χ0n) is 14.9. The van der Waals surface area contributed by atoms with Crippen molar-refractivity contribution in [2.75, 3.05) is 7.05 Å². The zero-order valence-corrected chi connectivity index (χ0v) is 14.9. The number of ether oxygens (including phenoxy) is 1. The van der Waals surface area contributed by atoms with Crippen molar-refractivity contribution >= 4 is 12.0 Å². The number of nitrogens with one attached hydrogen (secondary N) is 1. The van der Waals surface area contributed by atoms with Crippen LogP contribution >= 0.6 is 0 Å². The second kappa shape index (κ2) is 7.99. The quantitative estimate of drug-likeness (QED) is 0.906. The summed E-state index contributed by atoms with van der Waals surface area (Å²) in [6, 6.07) is 8.82. The Bertz CT molecular complexity index is 521. The smallest absolute Gasteiger partial charge is 0.408 e. The van der Waals surface area contributed by atoms with Crippen LogP contribution in [0.25, 0.3) is 0 Å². The van der Waals surface area contributed by atoms with Gasteiger partial charge in [-0.25, -0.2) is 4.79 Å². The number of amides is 2. The molecule has 0 radical (unpaired) electrons. The molecule has 0 aliphatic rings. The van der Waals surface area contributed by atoms with Crippen LogP contribution in [0.5, 0.6) is 0 Å². The van der Waals surface area contributed by atoms with Crippen molar-refractivity contribution < 1.29 is 14.3 Å². The summed E-state index contributed by atoms with van der Waals surface area (Å²) in [6.07, 6.45) is -0.580. The molecule has 1 aromatic carbocycles. The average molecular weight is 320 g/mol. The second-order valence-corrected chi connectivity index (χ2v) is 7.00. The highest BCUT2D eigenvalue weighted by Crippen LogP contribution is 2.15. The monoisotopic (exact) mass is 320 g/mol. The first kappa shape index (κ1) is 19.0. The van der Waals surface area contributed by atoms with Crippen molar-refractivity contribution in [1.29, 1.82) is 0 Å². The summed E-state index contributed by atoms with van der Waals surface area (Å²) in [5.74, 6) is -0.152. The number of carbonyl (C=O) groups is 2. The molecule has 0 heterocycles. The number of alkyl carbamates (subject to hydrolysis) is 1. The molecule has 0 fully saturated rings. The van der Waals surface area contributed by atoms with E-state index in [1.165, 1.54) is 0 Å². The Kier molecular flexibility index (Phi) is 6.61. The molecule has 1 atom stereocenters. The number of rotatable bonds is 5. The molecule has 5 heteroatoms. The van der Waals surface area contributed by atoms with Gasteiger partial charge in [0.05, 0.1) is 0 Å². The van der Waals surface area contributed by atoms with Gasteiger partial charge in [0.1, 0.15) is 12.6 Å². The lowest BCUT2D eigenvalue weighted by Crippen LogP contribution is -2.54. The third kappa shape index (κ3) is 5.93. The second-order valence-electron chi connectivity index (χ2n) is 7.00. The van der Waals surface area contributed by atoms with Gasteiger partial charge in [0, 0.05) is 12.6 Å². The largest absolute Gasteiger partial charge is 0.445 e. The topological polar surface area (TPSA) is 58.6 Å². The molecular formula is C18H28N2O3. The highest BCUT2D eigenvalue weighted by Gasteiger charge is 2.32. The summed E-state index contributed by atoms with van der Waals surface area (Å²) in [5, 5.41) is 2.69. The van der Waals surface area contributed by atoms with Gasteiger partial charge in [0.2, 0.25) is 5.91 Å². The molecule has 0 aliphatic heterocycles. The van der Waals surface area contributed by atoms with Crippen LogP contribution in [0.15, 0.2) is 30.3 Å². The van der Waals surface area contributed by atoms with Crippen molar-refractivity contribution in [3.05, 3.63) is 35.9 Å². The van der Waals surface area contributed by atoms with Crippen molar-refractivity contribution in [1.82, 2.24) is 10.2 Å². The molecule has 128 valence electrons. The van der Waals surface area contributed by atoms with Crippen LogP contribution in [0.1, 0.15) is 40.2 Å². The molecule has 5 nitrogen and oxygen atoms in total. The Balaban J connectivity index is 2.65. The lowest BCUT2D eigenvalue weighted by atomic mass is 9.99. The summed E-state index contributed by atoms with van der Waals surface area (Å²) in [5.41, 5.74) is 0.599. The lowest BCUT2D eigenvalue weighted by molar-refractivity contribution is -0.137. The normalized spacial score (nSPS) is 12.7. The molecule has 0 bridgehead atoms. The SMILES string of the molecule is CC(C)C(NC(=O)OCc1ccccc1)C(=O)N(C)C(C)(C)C. The molecule has 0 aliphatic carbocycles. The highest BCUT2D eigenvalue weighted by molar-refractivity contribution is 5.86. The van der Waals surface area contributed by atoms with E-state index in [9.17, 15) is 9.59 Å². The maximum atomic E-state index is 12.6. The fourth-order valence-corrected chi connectivity index (χ4v) is 1.94. The van der Waals surface area contributed by atoms with Gasteiger partial charge in [-0.1, -0.05) is 44.2 Å². The number of nitrogens with zero attached hydrogens (tertiary/aromatic N) is 1. The van der Waals surface area contributed by atoms with E-state index < -0.39 is 12.1 Å². The van der Waals surface area contributed by atoms with Gasteiger partial charge in [-0.3, -0.25) is 4.79 Å². The summed E-state index contributed by atoms with van der Waals surface area (Å²) in [7, 11) is 1.74. The van der Waals surface area contributed by atoms with Crippen LogP contribution < -0.4 is 5.32 Å². The van der Waals surface area contributed by atoms with Gasteiger partial charge in [-0.2, -0.15) is 0 Å². The van der Waals surface area contributed by atoms with Gasteiger partial charge in [0.25, 0.3) is 0 Å². The minimum absolute atomic E-state index is 0.0309. The standard InChI is InChI=1S/C18H28N2O3/c1-13(2)15(16(21)20(6)18(3,4)5)19-17(22)23-12-14-10-8-7-9-11-14/h7-11,13,15H,12H2,1-6H3,(H,19,22). The Morgan fingerprint density at radius 3 is 2.22 bits per heavy atom. The van der Waals surface area contributed by atoms with Crippen LogP contribution in [-0.4, -0.2) is 35.5 Å². The van der Waals surface area contributed by atoms with Gasteiger partial charge in [-0.15, -0.1) is 0 Å². The molecule has 0 saturated carbocycles. The maximum Gasteiger partial charge on any atom is 0.408 e. The highest BCUT2D eigenvalue weighted by atomic mass is 16.5. The van der Waals surface area contributed by atoms with E-state index in [1.54, 1.807) is 11.9 Å². The summed E-state index contributed by atoms with van der Waals surface area (Å²) in [4.78, 5) is 26.2. The Hall–Kier alpha value is -2.04. The molecule has 1 rings (SSSR count). The number of benzene rings is 1. The molecule has 2 amide bonds. The number of hydrogen-bond acceptors (Lipinski definition) is 3. The lowest BCUT2D eigenvalue weighted by Gasteiger charge is -2.36. The molecule has 1 N–H and O–H groups in total. The van der Waals surface area contributed by atoms with Crippen molar-refractivity contribution in [2.24, 2.45) is 5.92 Å². The molecule has 1 unspecified atom stereocenters. The van der Waals surface area contributed by atoms with Crippen LogP contribution in [0, 0.1) is 5.92 Å². The van der Waals surface area contributed by atoms with Crippen molar-refractivity contribution in [3.63, 3.8) is 0 Å². The van der Waals surface area contributed by atoms with E-state index in [4.69, 9.17) is 4.74 Å². The first-order chi connectivity index (χ1) is 10.6. The zero-order chi connectivity index (χ0) is 17.6. The molecule has 0 spiro atoms. The first-order valence-electron chi connectivity index (χ1n) is 7.88. The summed E-state index contributed by atoms with van der Waals surface area (Å²) >= 11 is 0. The van der Waals surface area contributed by atoms with Gasteiger partial charge < -0.3 is 15.0 Å². The fraction of sp³-hybridized carbons (Fsp3) is 0.556. The van der Waals surface area contributed by atoms with E-state index in [0.717, 1.165) is 5.56 Å². The van der Waals surface area contributed by atoms with Crippen molar-refractivity contribution in [2.45, 2.75) is 52.8 Å². The van der Waals surface area contributed by atoms with E-state index in [0.29, 0.717) is 0 Å². The predicted octanol–water partition coefficient (Wildman–Crippen LogP) is 3.19. The minimum Gasteiger partial charge on any atom is -0.445 e. The predicted molar refractivity (Wildman–Crippen MR) is 90.9 cm³/mol. The van der Waals surface area contributed by atoms with Gasteiger partial charge in [-0.05, 0) is 32.3 Å². The third-order valence-electron chi connectivity index (χ3n) is 3.76. The van der Waals surface area contributed by atoms with Crippen molar-refractivity contribution in [3.8, 4) is 0 Å². The Labute approximate surface area is 139 Å². The van der Waals surface area contributed by atoms with E-state index in [-0.39, 0.29) is 24.0 Å². The summed E-state index contributed by atoms with van der Waals surface area (Å²) in [6.45, 7) is 9.84. The number of carbonyl (C=O) groups excluding carboxylic acids is 2. The fourth-order valence-electron chi connectivity index (χ4n) is 1.94. The molecule has 1 aromatic rings. The molecule has 0 saturated heterocycles. The Morgan fingerprint density at radius 2 is 1.74 bits per heavy atom. The number of hydrogen-bond donors (Lipinski definition) is 1. The van der Waals surface area contributed by atoms with Gasteiger partial charge >= 0.3 is 6.09 Å². The van der Waals surface area contributed by atoms with E-state index in [1.807, 2.05) is 65.0 Å². The molecular weight excluding hydrogens is 292 g/mol. The van der Waals surface area contributed by atoms with Crippen LogP contribution in [0.2, 0.25) is 0 Å². The number of likely N-dealkylation sites (N-methyl/N-ethyl adjacent to an activating group) is 1. The minimum atomic E-state index is -0.609. The maximum absolute atomic E-state index is 12.6. The molecule has 23 heavy (non-hydrogen) atoms. The van der Waals surface area contributed by atoms with Crippen LogP contribution in [-0.2, 0) is 16.1 Å². The van der Waals surface area contributed by atoms with Crippen LogP contribution in [0.3, 0.4) is 0 Å². The average Bonchev–Trinajstić information content (AvgIpc) is 2.49. The first-order valence-corrected chi connectivity index (χ1v) is 7.88. The Morgan fingerprint density at radius 1 is 1.17 bits per heavy atom. The van der Waals surface area contributed by atoms with Crippen LogP contribution in [0.4, 0.5) is 4.79 Å².